The summed E-state index contributed by atoms with van der Waals surface area (Å²) < 4.78 is 11.3. The lowest BCUT2D eigenvalue weighted by Crippen LogP contribution is -2.31. The lowest BCUT2D eigenvalue weighted by molar-refractivity contribution is -0.150. The topological polar surface area (TPSA) is 35.5 Å². The third-order valence-corrected chi connectivity index (χ3v) is 4.23. The molecule has 3 nitrogen and oxygen atoms in total. The predicted octanol–water partition coefficient (Wildman–Crippen LogP) is 3.46. The van der Waals surface area contributed by atoms with E-state index in [1.807, 2.05) is 6.92 Å². The van der Waals surface area contributed by atoms with Gasteiger partial charge in [0.2, 0.25) is 0 Å². The lowest BCUT2D eigenvalue weighted by atomic mass is 9.87. The van der Waals surface area contributed by atoms with E-state index in [0.717, 1.165) is 25.7 Å². The first-order valence-corrected chi connectivity index (χ1v) is 7.61. The van der Waals surface area contributed by atoms with Gasteiger partial charge in [0.05, 0.1) is 24.7 Å². The Labute approximate surface area is 110 Å². The fraction of sp³-hybridized carbons (Fsp3) is 0.933. The molecule has 0 amide bonds. The van der Waals surface area contributed by atoms with Crippen LogP contribution in [0.5, 0.6) is 0 Å². The van der Waals surface area contributed by atoms with Gasteiger partial charge >= 0.3 is 5.97 Å². The average molecular weight is 254 g/mol. The second-order valence-corrected chi connectivity index (χ2v) is 5.62. The molecule has 0 unspecified atom stereocenters. The monoisotopic (exact) mass is 254 g/mol. The molecule has 104 valence electrons. The van der Waals surface area contributed by atoms with E-state index in [1.54, 1.807) is 0 Å². The summed E-state index contributed by atoms with van der Waals surface area (Å²) in [4.78, 5) is 11.6. The van der Waals surface area contributed by atoms with Crippen molar-refractivity contribution in [3.8, 4) is 0 Å². The highest BCUT2D eigenvalue weighted by Crippen LogP contribution is 2.30. The van der Waals surface area contributed by atoms with E-state index >= 15 is 0 Å². The molecule has 18 heavy (non-hydrogen) atoms. The van der Waals surface area contributed by atoms with Gasteiger partial charge in [-0.3, -0.25) is 4.79 Å². The largest absolute Gasteiger partial charge is 0.466 e. The molecule has 0 aromatic rings. The van der Waals surface area contributed by atoms with Crippen molar-refractivity contribution in [3.05, 3.63) is 0 Å². The molecule has 3 heteroatoms. The second-order valence-electron chi connectivity index (χ2n) is 5.62. The van der Waals surface area contributed by atoms with Gasteiger partial charge in [-0.1, -0.05) is 19.3 Å². The number of esters is 1. The standard InChI is InChI=1S/C15H26O3/c1-2-17-15(16)12-8-10-14(11-9-12)18-13-6-4-3-5-7-13/h12-14H,2-11H2,1H3/t12-,14-. The smallest absolute Gasteiger partial charge is 0.308 e. The summed E-state index contributed by atoms with van der Waals surface area (Å²) in [6.45, 7) is 2.37. The van der Waals surface area contributed by atoms with E-state index in [2.05, 4.69) is 0 Å². The summed E-state index contributed by atoms with van der Waals surface area (Å²) in [5, 5.41) is 0. The van der Waals surface area contributed by atoms with Gasteiger partial charge in [-0.2, -0.15) is 0 Å². The van der Waals surface area contributed by atoms with Gasteiger partial charge in [0, 0.05) is 0 Å². The Hall–Kier alpha value is -0.570. The maximum atomic E-state index is 11.6. The zero-order valence-electron chi connectivity index (χ0n) is 11.5. The van der Waals surface area contributed by atoms with Gasteiger partial charge in [0.25, 0.3) is 0 Å². The summed E-state index contributed by atoms with van der Waals surface area (Å²) in [5.74, 6) is 0.116. The Morgan fingerprint density at radius 3 is 2.17 bits per heavy atom. The Bertz CT molecular complexity index is 250. The maximum Gasteiger partial charge on any atom is 0.308 e. The average Bonchev–Trinajstić information content (AvgIpc) is 2.41. The number of rotatable bonds is 4. The lowest BCUT2D eigenvalue weighted by Gasteiger charge is -2.32. The summed E-state index contributed by atoms with van der Waals surface area (Å²) in [7, 11) is 0. The van der Waals surface area contributed by atoms with E-state index in [0.29, 0.717) is 18.8 Å². The Morgan fingerprint density at radius 1 is 0.944 bits per heavy atom. The second kappa shape index (κ2) is 7.13. The first-order valence-electron chi connectivity index (χ1n) is 7.61. The van der Waals surface area contributed by atoms with Gasteiger partial charge in [0.15, 0.2) is 0 Å². The summed E-state index contributed by atoms with van der Waals surface area (Å²) >= 11 is 0. The molecule has 2 aliphatic rings. The van der Waals surface area contributed by atoms with Crippen molar-refractivity contribution in [3.63, 3.8) is 0 Å². The predicted molar refractivity (Wildman–Crippen MR) is 70.3 cm³/mol. The summed E-state index contributed by atoms with van der Waals surface area (Å²) in [6.07, 6.45) is 11.3. The van der Waals surface area contributed by atoms with Gasteiger partial charge in [-0.15, -0.1) is 0 Å². The van der Waals surface area contributed by atoms with Crippen LogP contribution in [-0.2, 0) is 14.3 Å². The summed E-state index contributed by atoms with van der Waals surface area (Å²) in [6, 6.07) is 0. The molecule has 0 aromatic heterocycles. The van der Waals surface area contributed by atoms with Crippen molar-refractivity contribution in [2.45, 2.75) is 76.9 Å². The molecule has 0 atom stereocenters. The van der Waals surface area contributed by atoms with Crippen molar-refractivity contribution in [1.29, 1.82) is 0 Å². The van der Waals surface area contributed by atoms with Gasteiger partial charge in [0.1, 0.15) is 0 Å². The first kappa shape index (κ1) is 13.9. The zero-order valence-corrected chi connectivity index (χ0v) is 11.5. The highest BCUT2D eigenvalue weighted by Gasteiger charge is 2.29. The molecule has 0 radical (unpaired) electrons. The van der Waals surface area contributed by atoms with Crippen molar-refractivity contribution >= 4 is 5.97 Å². The van der Waals surface area contributed by atoms with Crippen LogP contribution in [0.25, 0.3) is 0 Å². The minimum atomic E-state index is -0.00591. The fourth-order valence-electron chi connectivity index (χ4n) is 3.17. The third-order valence-electron chi connectivity index (χ3n) is 4.23. The van der Waals surface area contributed by atoms with Gasteiger partial charge in [-0.05, 0) is 45.4 Å². The van der Waals surface area contributed by atoms with Crippen molar-refractivity contribution in [2.75, 3.05) is 6.61 Å². The maximum absolute atomic E-state index is 11.6. The number of carbonyl (C=O) groups is 1. The van der Waals surface area contributed by atoms with Crippen molar-refractivity contribution in [1.82, 2.24) is 0 Å². The van der Waals surface area contributed by atoms with Crippen LogP contribution in [0.1, 0.15) is 64.7 Å². The summed E-state index contributed by atoms with van der Waals surface area (Å²) in [5.41, 5.74) is 0. The molecule has 2 aliphatic carbocycles. The molecule has 0 spiro atoms. The highest BCUT2D eigenvalue weighted by atomic mass is 16.5. The Kier molecular flexibility index (Phi) is 5.48. The van der Waals surface area contributed by atoms with Crippen LogP contribution in [0, 0.1) is 5.92 Å². The highest BCUT2D eigenvalue weighted by molar-refractivity contribution is 5.72. The van der Waals surface area contributed by atoms with E-state index in [1.165, 1.54) is 32.1 Å². The zero-order chi connectivity index (χ0) is 12.8. The van der Waals surface area contributed by atoms with Crippen LogP contribution < -0.4 is 0 Å². The molecule has 0 aromatic carbocycles. The van der Waals surface area contributed by atoms with Crippen LogP contribution in [-0.4, -0.2) is 24.8 Å². The quantitative estimate of drug-likeness (QED) is 0.721. The Balaban J connectivity index is 1.68. The molecule has 2 saturated carbocycles. The van der Waals surface area contributed by atoms with E-state index in [4.69, 9.17) is 9.47 Å². The molecule has 2 rings (SSSR count). The molecule has 0 N–H and O–H groups in total. The molecule has 0 aliphatic heterocycles. The Morgan fingerprint density at radius 2 is 1.56 bits per heavy atom. The minimum Gasteiger partial charge on any atom is -0.466 e. The number of hydrogen-bond donors (Lipinski definition) is 0. The molecule has 0 bridgehead atoms. The fourth-order valence-corrected chi connectivity index (χ4v) is 3.17. The molecule has 2 fully saturated rings. The molecule has 0 heterocycles. The van der Waals surface area contributed by atoms with E-state index in [9.17, 15) is 4.79 Å². The van der Waals surface area contributed by atoms with Crippen molar-refractivity contribution < 1.29 is 14.3 Å². The minimum absolute atomic E-state index is 0.00591. The molecular formula is C15H26O3. The normalized spacial score (nSPS) is 30.1. The number of hydrogen-bond acceptors (Lipinski definition) is 3. The van der Waals surface area contributed by atoms with Crippen LogP contribution in [0.15, 0.2) is 0 Å². The van der Waals surface area contributed by atoms with Crippen LogP contribution in [0.2, 0.25) is 0 Å². The van der Waals surface area contributed by atoms with E-state index in [-0.39, 0.29) is 11.9 Å². The van der Waals surface area contributed by atoms with Gasteiger partial charge < -0.3 is 9.47 Å². The molecular weight excluding hydrogens is 228 g/mol. The third kappa shape index (κ3) is 3.98. The van der Waals surface area contributed by atoms with Crippen LogP contribution in [0.4, 0.5) is 0 Å². The molecule has 0 saturated heterocycles. The number of ether oxygens (including phenoxy) is 2. The van der Waals surface area contributed by atoms with E-state index < -0.39 is 0 Å². The number of carbonyl (C=O) groups excluding carboxylic acids is 1. The van der Waals surface area contributed by atoms with Gasteiger partial charge in [-0.25, -0.2) is 0 Å². The SMILES string of the molecule is CCOC(=O)[C@H]1CC[C@H](OC2CCCCC2)CC1. The van der Waals surface area contributed by atoms with Crippen LogP contribution in [0.3, 0.4) is 0 Å². The first-order chi connectivity index (χ1) is 8.79. The van der Waals surface area contributed by atoms with Crippen LogP contribution >= 0.6 is 0 Å². The van der Waals surface area contributed by atoms with Crippen molar-refractivity contribution in [2.24, 2.45) is 5.92 Å².